The van der Waals surface area contributed by atoms with Crippen LogP contribution in [0.3, 0.4) is 0 Å². The fraction of sp³-hybridized carbons (Fsp3) is 0.545. The summed E-state index contributed by atoms with van der Waals surface area (Å²) in [6.07, 6.45) is 0.654. The van der Waals surface area contributed by atoms with Crippen molar-refractivity contribution in [1.29, 1.82) is 5.26 Å². The minimum atomic E-state index is -0.668. The molecule has 2 N–H and O–H groups in total. The Morgan fingerprint density at radius 2 is 2.33 bits per heavy atom. The van der Waals surface area contributed by atoms with Crippen LogP contribution in [0.5, 0.6) is 0 Å². The van der Waals surface area contributed by atoms with Crippen molar-refractivity contribution in [3.8, 4) is 6.07 Å². The summed E-state index contributed by atoms with van der Waals surface area (Å²) in [7, 11) is 0. The van der Waals surface area contributed by atoms with Crippen LogP contribution in [-0.4, -0.2) is 33.2 Å². The number of nitrogens with one attached hydrogen (secondary N) is 1. The number of rotatable bonds is 3. The van der Waals surface area contributed by atoms with Gasteiger partial charge in [-0.05, 0) is 20.8 Å². The third-order valence-corrected chi connectivity index (χ3v) is 1.89. The lowest BCUT2D eigenvalue weighted by Gasteiger charge is -2.19. The number of carbonyl (C=O) groups excluding carboxylic acids is 1. The molecule has 1 aromatic heterocycles. The van der Waals surface area contributed by atoms with Crippen molar-refractivity contribution in [2.24, 2.45) is 0 Å². The summed E-state index contributed by atoms with van der Waals surface area (Å²) in [4.78, 5) is 11.6. The Hall–Kier alpha value is -2.07. The van der Waals surface area contributed by atoms with Gasteiger partial charge in [0, 0.05) is 0 Å². The highest BCUT2D eigenvalue weighted by Crippen LogP contribution is 2.16. The first-order valence-corrected chi connectivity index (χ1v) is 5.44. The smallest absolute Gasteiger partial charge is 0.413 e. The van der Waals surface area contributed by atoms with Gasteiger partial charge in [-0.3, -0.25) is 5.32 Å². The van der Waals surface area contributed by atoms with Crippen LogP contribution < -0.4 is 5.32 Å². The van der Waals surface area contributed by atoms with E-state index in [9.17, 15) is 4.79 Å². The molecule has 0 spiro atoms. The van der Waals surface area contributed by atoms with Crippen molar-refractivity contribution in [1.82, 2.24) is 9.78 Å². The van der Waals surface area contributed by atoms with Crippen LogP contribution in [0.1, 0.15) is 26.3 Å². The predicted molar refractivity (Wildman–Crippen MR) is 63.9 cm³/mol. The Morgan fingerprint density at radius 3 is 2.83 bits per heavy atom. The van der Waals surface area contributed by atoms with Gasteiger partial charge in [-0.15, -0.1) is 0 Å². The fourth-order valence-corrected chi connectivity index (χ4v) is 1.26. The Kier molecular flexibility index (Phi) is 4.28. The lowest BCUT2D eigenvalue weighted by molar-refractivity contribution is 0.0634. The van der Waals surface area contributed by atoms with Gasteiger partial charge in [-0.25, -0.2) is 9.48 Å². The van der Waals surface area contributed by atoms with Crippen molar-refractivity contribution in [2.75, 3.05) is 11.9 Å². The van der Waals surface area contributed by atoms with Crippen LogP contribution in [0.15, 0.2) is 6.20 Å². The zero-order valence-corrected chi connectivity index (χ0v) is 10.6. The first-order valence-electron chi connectivity index (χ1n) is 5.44. The van der Waals surface area contributed by atoms with E-state index in [4.69, 9.17) is 15.1 Å². The molecule has 7 heteroatoms. The molecule has 0 bridgehead atoms. The highest BCUT2D eigenvalue weighted by atomic mass is 16.6. The predicted octanol–water partition coefficient (Wildman–Crippen LogP) is 1.09. The maximum absolute atomic E-state index is 11.6. The van der Waals surface area contributed by atoms with Crippen molar-refractivity contribution >= 4 is 11.9 Å². The molecule has 0 atom stereocenters. The summed E-state index contributed by atoms with van der Waals surface area (Å²) in [5.41, 5.74) is -0.409. The molecule has 0 aliphatic carbocycles. The van der Waals surface area contributed by atoms with Gasteiger partial charge in [0.05, 0.1) is 19.3 Å². The molecule has 0 unspecified atom stereocenters. The SMILES string of the molecule is CC(C)(C)OC(=O)Nc1c(C#N)cnn1CCO. The van der Waals surface area contributed by atoms with Gasteiger partial charge in [0.2, 0.25) is 0 Å². The number of hydrogen-bond donors (Lipinski definition) is 2. The second-order valence-corrected chi connectivity index (χ2v) is 4.59. The molecule has 18 heavy (non-hydrogen) atoms. The molecule has 0 fully saturated rings. The molecule has 1 rings (SSSR count). The van der Waals surface area contributed by atoms with Crippen molar-refractivity contribution < 1.29 is 14.6 Å². The van der Waals surface area contributed by atoms with Crippen molar-refractivity contribution in [2.45, 2.75) is 32.9 Å². The maximum Gasteiger partial charge on any atom is 0.413 e. The summed E-state index contributed by atoms with van der Waals surface area (Å²) in [5.74, 6) is 0.223. The summed E-state index contributed by atoms with van der Waals surface area (Å²) >= 11 is 0. The van der Waals surface area contributed by atoms with E-state index in [1.54, 1.807) is 20.8 Å². The van der Waals surface area contributed by atoms with Crippen LogP contribution in [-0.2, 0) is 11.3 Å². The summed E-state index contributed by atoms with van der Waals surface area (Å²) in [6, 6.07) is 1.91. The van der Waals surface area contributed by atoms with Gasteiger partial charge in [-0.1, -0.05) is 0 Å². The van der Waals surface area contributed by atoms with E-state index in [1.165, 1.54) is 10.9 Å². The standard InChI is InChI=1S/C11H16N4O3/c1-11(2,3)18-10(17)14-9-8(6-12)7-13-15(9)4-5-16/h7,16H,4-5H2,1-3H3,(H,14,17). The molecule has 0 aromatic carbocycles. The molecule has 0 saturated carbocycles. The zero-order valence-electron chi connectivity index (χ0n) is 10.6. The Bertz CT molecular complexity index is 468. The molecule has 0 aliphatic rings. The summed E-state index contributed by atoms with van der Waals surface area (Å²) in [5, 5.41) is 24.1. The Balaban J connectivity index is 2.86. The van der Waals surface area contributed by atoms with E-state index < -0.39 is 11.7 Å². The van der Waals surface area contributed by atoms with Crippen LogP contribution in [0.2, 0.25) is 0 Å². The van der Waals surface area contributed by atoms with E-state index >= 15 is 0 Å². The number of aliphatic hydroxyl groups is 1. The molecule has 0 radical (unpaired) electrons. The number of amides is 1. The highest BCUT2D eigenvalue weighted by Gasteiger charge is 2.19. The average Bonchev–Trinajstić information content (AvgIpc) is 2.59. The summed E-state index contributed by atoms with van der Waals surface area (Å²) < 4.78 is 6.42. The van der Waals surface area contributed by atoms with Gasteiger partial charge >= 0.3 is 6.09 Å². The Morgan fingerprint density at radius 1 is 1.67 bits per heavy atom. The van der Waals surface area contributed by atoms with Crippen LogP contribution >= 0.6 is 0 Å². The third-order valence-electron chi connectivity index (χ3n) is 1.89. The molecule has 98 valence electrons. The maximum atomic E-state index is 11.6. The van der Waals surface area contributed by atoms with E-state index in [2.05, 4.69) is 10.4 Å². The van der Waals surface area contributed by atoms with Crippen molar-refractivity contribution in [3.05, 3.63) is 11.8 Å². The number of ether oxygens (including phenoxy) is 1. The first-order chi connectivity index (χ1) is 8.37. The number of hydrogen-bond acceptors (Lipinski definition) is 5. The quantitative estimate of drug-likeness (QED) is 0.838. The van der Waals surface area contributed by atoms with Gasteiger partial charge in [0.25, 0.3) is 0 Å². The number of nitrogens with zero attached hydrogens (tertiary/aromatic N) is 3. The molecule has 1 aromatic rings. The van der Waals surface area contributed by atoms with Gasteiger partial charge in [0.15, 0.2) is 5.82 Å². The number of nitriles is 1. The van der Waals surface area contributed by atoms with Gasteiger partial charge < -0.3 is 9.84 Å². The highest BCUT2D eigenvalue weighted by molar-refractivity contribution is 5.85. The largest absolute Gasteiger partial charge is 0.444 e. The van der Waals surface area contributed by atoms with E-state index in [0.717, 1.165) is 0 Å². The molecule has 0 saturated heterocycles. The van der Waals surface area contributed by atoms with Crippen LogP contribution in [0.25, 0.3) is 0 Å². The lowest BCUT2D eigenvalue weighted by atomic mass is 10.2. The monoisotopic (exact) mass is 252 g/mol. The van der Waals surface area contributed by atoms with E-state index in [1.807, 2.05) is 6.07 Å². The number of anilines is 1. The molecule has 1 heterocycles. The normalized spacial score (nSPS) is 10.8. The molecule has 7 nitrogen and oxygen atoms in total. The summed E-state index contributed by atoms with van der Waals surface area (Å²) in [6.45, 7) is 5.26. The molecule has 1 amide bonds. The number of carbonyl (C=O) groups is 1. The molecular weight excluding hydrogens is 236 g/mol. The Labute approximate surface area is 105 Å². The first kappa shape index (κ1) is 14.0. The molecular formula is C11H16N4O3. The zero-order chi connectivity index (χ0) is 13.8. The topological polar surface area (TPSA) is 100 Å². The average molecular weight is 252 g/mol. The molecule has 0 aliphatic heterocycles. The number of aliphatic hydroxyl groups excluding tert-OH is 1. The van der Waals surface area contributed by atoms with Gasteiger partial charge in [0.1, 0.15) is 17.2 Å². The van der Waals surface area contributed by atoms with Crippen molar-refractivity contribution in [3.63, 3.8) is 0 Å². The fourth-order valence-electron chi connectivity index (χ4n) is 1.26. The van der Waals surface area contributed by atoms with Crippen LogP contribution in [0.4, 0.5) is 10.6 Å². The second-order valence-electron chi connectivity index (χ2n) is 4.59. The van der Waals surface area contributed by atoms with Gasteiger partial charge in [-0.2, -0.15) is 10.4 Å². The van der Waals surface area contributed by atoms with Crippen LogP contribution in [0, 0.1) is 11.3 Å². The minimum Gasteiger partial charge on any atom is -0.444 e. The third kappa shape index (κ3) is 3.75. The number of aromatic nitrogens is 2. The van der Waals surface area contributed by atoms with E-state index in [-0.39, 0.29) is 24.5 Å². The lowest BCUT2D eigenvalue weighted by Crippen LogP contribution is -2.28. The van der Waals surface area contributed by atoms with E-state index in [0.29, 0.717) is 0 Å². The minimum absolute atomic E-state index is 0.143. The second kappa shape index (κ2) is 5.51.